The van der Waals surface area contributed by atoms with Crippen LogP contribution in [0.2, 0.25) is 0 Å². The SMILES string of the molecule is CC(C)NS(=O)(=O)N[C@H]1CCOc2c(C(=O)Nc3ccc(F)c(F)c3)cccc21. The highest BCUT2D eigenvalue weighted by molar-refractivity contribution is 7.87. The molecule has 0 unspecified atom stereocenters. The summed E-state index contributed by atoms with van der Waals surface area (Å²) in [4.78, 5) is 12.7. The average molecular weight is 425 g/mol. The molecule has 0 saturated heterocycles. The first kappa shape index (κ1) is 21.2. The number of ether oxygens (including phenoxy) is 1. The number of anilines is 1. The molecule has 0 aromatic heterocycles. The zero-order valence-electron chi connectivity index (χ0n) is 15.8. The Kier molecular flexibility index (Phi) is 6.15. The van der Waals surface area contributed by atoms with Crippen LogP contribution in [0.15, 0.2) is 36.4 Å². The standard InChI is InChI=1S/C19H21F2N3O4S/c1-11(2)23-29(26,27)24-17-8-9-28-18-13(17)4-3-5-14(18)19(25)22-12-6-7-15(20)16(21)10-12/h3-7,10-11,17,23-24H,8-9H2,1-2H3,(H,22,25)/t17-/m0/s1. The van der Waals surface area contributed by atoms with Gasteiger partial charge in [-0.3, -0.25) is 4.79 Å². The Morgan fingerprint density at radius 1 is 1.17 bits per heavy atom. The molecule has 1 heterocycles. The molecule has 0 aliphatic carbocycles. The third kappa shape index (κ3) is 5.08. The van der Waals surface area contributed by atoms with Crippen molar-refractivity contribution in [2.75, 3.05) is 11.9 Å². The largest absolute Gasteiger partial charge is 0.492 e. The monoisotopic (exact) mass is 425 g/mol. The molecule has 0 saturated carbocycles. The fraction of sp³-hybridized carbons (Fsp3) is 0.316. The molecule has 1 aliphatic rings. The first-order valence-corrected chi connectivity index (χ1v) is 10.5. The molecule has 10 heteroatoms. The van der Waals surface area contributed by atoms with Gasteiger partial charge in [-0.1, -0.05) is 12.1 Å². The van der Waals surface area contributed by atoms with Gasteiger partial charge in [0.2, 0.25) is 0 Å². The van der Waals surface area contributed by atoms with Crippen LogP contribution in [-0.2, 0) is 10.2 Å². The number of para-hydroxylation sites is 1. The molecule has 2 aromatic carbocycles. The minimum Gasteiger partial charge on any atom is -0.492 e. The molecule has 0 spiro atoms. The van der Waals surface area contributed by atoms with Gasteiger partial charge < -0.3 is 10.1 Å². The lowest BCUT2D eigenvalue weighted by Gasteiger charge is -2.28. The summed E-state index contributed by atoms with van der Waals surface area (Å²) in [6.45, 7) is 3.62. The number of halogens is 2. The minimum absolute atomic E-state index is 0.0840. The quantitative estimate of drug-likeness (QED) is 0.663. The van der Waals surface area contributed by atoms with Crippen LogP contribution in [0.3, 0.4) is 0 Å². The number of carbonyl (C=O) groups is 1. The number of hydrogen-bond donors (Lipinski definition) is 3. The van der Waals surface area contributed by atoms with Crippen LogP contribution in [0.4, 0.5) is 14.5 Å². The molecule has 156 valence electrons. The molecule has 3 rings (SSSR count). The van der Waals surface area contributed by atoms with E-state index in [9.17, 15) is 22.0 Å². The van der Waals surface area contributed by atoms with Crippen LogP contribution in [0.5, 0.6) is 5.75 Å². The van der Waals surface area contributed by atoms with Crippen molar-refractivity contribution < 1.29 is 26.7 Å². The summed E-state index contributed by atoms with van der Waals surface area (Å²) in [5, 5.41) is 2.49. The third-order valence-electron chi connectivity index (χ3n) is 4.18. The molecular weight excluding hydrogens is 404 g/mol. The van der Waals surface area contributed by atoms with Crippen LogP contribution in [0.25, 0.3) is 0 Å². The van der Waals surface area contributed by atoms with Crippen LogP contribution in [0, 0.1) is 11.6 Å². The molecule has 0 fully saturated rings. The van der Waals surface area contributed by atoms with Gasteiger partial charge in [-0.05, 0) is 32.0 Å². The Morgan fingerprint density at radius 2 is 1.93 bits per heavy atom. The van der Waals surface area contributed by atoms with Crippen molar-refractivity contribution in [1.82, 2.24) is 9.44 Å². The summed E-state index contributed by atoms with van der Waals surface area (Å²) in [6, 6.07) is 6.95. The van der Waals surface area contributed by atoms with Crippen molar-refractivity contribution in [3.05, 3.63) is 59.2 Å². The number of benzene rings is 2. The molecule has 1 atom stereocenters. The molecule has 0 bridgehead atoms. The molecular formula is C19H21F2N3O4S. The maximum Gasteiger partial charge on any atom is 0.277 e. The molecule has 1 amide bonds. The number of carbonyl (C=O) groups excluding carboxylic acids is 1. The summed E-state index contributed by atoms with van der Waals surface area (Å²) >= 11 is 0. The van der Waals surface area contributed by atoms with E-state index in [0.29, 0.717) is 12.0 Å². The molecule has 29 heavy (non-hydrogen) atoms. The fourth-order valence-electron chi connectivity index (χ4n) is 3.03. The predicted octanol–water partition coefficient (Wildman–Crippen LogP) is 2.87. The number of amides is 1. The van der Waals surface area contributed by atoms with Crippen LogP contribution < -0.4 is 19.5 Å². The maximum atomic E-state index is 13.4. The topological polar surface area (TPSA) is 96.5 Å². The van der Waals surface area contributed by atoms with E-state index in [-0.39, 0.29) is 29.6 Å². The van der Waals surface area contributed by atoms with Crippen molar-refractivity contribution >= 4 is 21.8 Å². The molecule has 3 N–H and O–H groups in total. The van der Waals surface area contributed by atoms with Crippen LogP contribution in [0.1, 0.15) is 42.2 Å². The zero-order valence-corrected chi connectivity index (χ0v) is 16.6. The summed E-state index contributed by atoms with van der Waals surface area (Å²) in [5.74, 6) is -2.44. The number of hydrogen-bond acceptors (Lipinski definition) is 4. The van der Waals surface area contributed by atoms with Gasteiger partial charge >= 0.3 is 0 Å². The van der Waals surface area contributed by atoms with Gasteiger partial charge in [-0.15, -0.1) is 0 Å². The molecule has 1 aliphatic heterocycles. The smallest absolute Gasteiger partial charge is 0.277 e. The van der Waals surface area contributed by atoms with E-state index in [4.69, 9.17) is 4.74 Å². The molecule has 0 radical (unpaired) electrons. The summed E-state index contributed by atoms with van der Waals surface area (Å²) in [6.07, 6.45) is 0.389. The Labute approximate surface area is 167 Å². The summed E-state index contributed by atoms with van der Waals surface area (Å²) < 4.78 is 61.6. The van der Waals surface area contributed by atoms with Gasteiger partial charge in [0.15, 0.2) is 11.6 Å². The fourth-order valence-corrected chi connectivity index (χ4v) is 4.34. The summed E-state index contributed by atoms with van der Waals surface area (Å²) in [5.41, 5.74) is 0.761. The Hall–Kier alpha value is -2.56. The summed E-state index contributed by atoms with van der Waals surface area (Å²) in [7, 11) is -3.75. The molecule has 2 aromatic rings. The van der Waals surface area contributed by atoms with Gasteiger partial charge in [-0.2, -0.15) is 17.9 Å². The second-order valence-electron chi connectivity index (χ2n) is 6.89. The van der Waals surface area contributed by atoms with E-state index < -0.39 is 33.8 Å². The Balaban J connectivity index is 1.85. The zero-order chi connectivity index (χ0) is 21.2. The Morgan fingerprint density at radius 3 is 2.62 bits per heavy atom. The first-order chi connectivity index (χ1) is 13.7. The minimum atomic E-state index is -3.75. The number of fused-ring (bicyclic) bond motifs is 1. The lowest BCUT2D eigenvalue weighted by Crippen LogP contribution is -2.43. The van der Waals surface area contributed by atoms with Gasteiger partial charge in [0, 0.05) is 29.8 Å². The van der Waals surface area contributed by atoms with Crippen molar-refractivity contribution in [3.63, 3.8) is 0 Å². The van der Waals surface area contributed by atoms with Crippen molar-refractivity contribution in [3.8, 4) is 5.75 Å². The lowest BCUT2D eigenvalue weighted by atomic mass is 9.98. The molecule has 7 nitrogen and oxygen atoms in total. The Bertz CT molecular complexity index is 1030. The highest BCUT2D eigenvalue weighted by Gasteiger charge is 2.29. The highest BCUT2D eigenvalue weighted by Crippen LogP contribution is 2.35. The van der Waals surface area contributed by atoms with Gasteiger partial charge in [0.25, 0.3) is 16.1 Å². The van der Waals surface area contributed by atoms with Gasteiger partial charge in [0.05, 0.1) is 18.2 Å². The average Bonchev–Trinajstić information content (AvgIpc) is 2.63. The van der Waals surface area contributed by atoms with E-state index in [1.54, 1.807) is 26.0 Å². The highest BCUT2D eigenvalue weighted by atomic mass is 32.2. The second kappa shape index (κ2) is 8.44. The van der Waals surface area contributed by atoms with Crippen molar-refractivity contribution in [2.45, 2.75) is 32.4 Å². The van der Waals surface area contributed by atoms with E-state index in [1.807, 2.05) is 0 Å². The van der Waals surface area contributed by atoms with Crippen LogP contribution >= 0.6 is 0 Å². The predicted molar refractivity (Wildman–Crippen MR) is 104 cm³/mol. The van der Waals surface area contributed by atoms with Crippen LogP contribution in [-0.4, -0.2) is 27.0 Å². The van der Waals surface area contributed by atoms with Crippen molar-refractivity contribution in [1.29, 1.82) is 0 Å². The lowest BCUT2D eigenvalue weighted by molar-refractivity contribution is 0.102. The van der Waals surface area contributed by atoms with Gasteiger partial charge in [-0.25, -0.2) is 8.78 Å². The van der Waals surface area contributed by atoms with E-state index in [0.717, 1.165) is 12.1 Å². The second-order valence-corrected chi connectivity index (χ2v) is 8.37. The third-order valence-corrected chi connectivity index (χ3v) is 5.56. The van der Waals surface area contributed by atoms with E-state index in [1.165, 1.54) is 12.1 Å². The van der Waals surface area contributed by atoms with E-state index in [2.05, 4.69) is 14.8 Å². The van der Waals surface area contributed by atoms with E-state index >= 15 is 0 Å². The maximum absolute atomic E-state index is 13.4. The number of rotatable bonds is 6. The number of nitrogens with one attached hydrogen (secondary N) is 3. The van der Waals surface area contributed by atoms with Gasteiger partial charge in [0.1, 0.15) is 5.75 Å². The normalized spacial score (nSPS) is 16.2. The first-order valence-electron chi connectivity index (χ1n) is 8.98. The van der Waals surface area contributed by atoms with Crippen molar-refractivity contribution in [2.24, 2.45) is 0 Å².